The van der Waals surface area contributed by atoms with Crippen molar-refractivity contribution in [3.63, 3.8) is 0 Å². The van der Waals surface area contributed by atoms with Crippen molar-refractivity contribution in [3.05, 3.63) is 119 Å². The van der Waals surface area contributed by atoms with Crippen LogP contribution in [0.3, 0.4) is 0 Å². The van der Waals surface area contributed by atoms with Crippen molar-refractivity contribution < 1.29 is 22.8 Å². The molecule has 3 aromatic carbocycles. The molecular weight excluding hydrogens is 465 g/mol. The second kappa shape index (κ2) is 10.6. The second-order valence-electron chi connectivity index (χ2n) is 8.40. The van der Waals surface area contributed by atoms with E-state index in [1.165, 1.54) is 12.1 Å². The molecule has 1 N–H and O–H groups in total. The molecule has 0 spiro atoms. The maximum absolute atomic E-state index is 13.1. The fourth-order valence-corrected chi connectivity index (χ4v) is 3.80. The van der Waals surface area contributed by atoms with Gasteiger partial charge in [-0.25, -0.2) is 0 Å². The molecule has 0 fully saturated rings. The van der Waals surface area contributed by atoms with Crippen molar-refractivity contribution in [2.45, 2.75) is 25.9 Å². The average Bonchev–Trinajstić information content (AvgIpc) is 2.88. The number of nitrogens with zero attached hydrogens (tertiary/aromatic N) is 1. The molecule has 7 heteroatoms. The van der Waals surface area contributed by atoms with Crippen LogP contribution in [0, 0.1) is 6.92 Å². The van der Waals surface area contributed by atoms with E-state index in [2.05, 4.69) is 10.3 Å². The van der Waals surface area contributed by atoms with Gasteiger partial charge in [-0.15, -0.1) is 0 Å². The highest BCUT2D eigenvalue weighted by molar-refractivity contribution is 6.09. The van der Waals surface area contributed by atoms with Gasteiger partial charge in [-0.2, -0.15) is 13.2 Å². The summed E-state index contributed by atoms with van der Waals surface area (Å²) >= 11 is 0. The van der Waals surface area contributed by atoms with Crippen LogP contribution in [0.25, 0.3) is 11.1 Å². The first-order valence-electron chi connectivity index (χ1n) is 11.3. The first-order chi connectivity index (χ1) is 17.2. The minimum absolute atomic E-state index is 0.0262. The van der Waals surface area contributed by atoms with Crippen LogP contribution in [0.2, 0.25) is 0 Å². The van der Waals surface area contributed by atoms with Gasteiger partial charge in [0.15, 0.2) is 5.78 Å². The molecule has 0 aliphatic rings. The Morgan fingerprint density at radius 1 is 0.889 bits per heavy atom. The van der Waals surface area contributed by atoms with Crippen LogP contribution in [0.15, 0.2) is 91.1 Å². The first kappa shape index (κ1) is 24.9. The van der Waals surface area contributed by atoms with E-state index in [0.717, 1.165) is 23.4 Å². The third-order valence-corrected chi connectivity index (χ3v) is 5.74. The number of rotatable bonds is 7. The Morgan fingerprint density at radius 3 is 2.25 bits per heavy atom. The highest BCUT2D eigenvalue weighted by Gasteiger charge is 2.30. The maximum atomic E-state index is 13.1. The number of halogens is 3. The van der Waals surface area contributed by atoms with Gasteiger partial charge >= 0.3 is 6.18 Å². The predicted molar refractivity (Wildman–Crippen MR) is 133 cm³/mol. The Bertz CT molecular complexity index is 1360. The van der Waals surface area contributed by atoms with Gasteiger partial charge in [-0.1, -0.05) is 35.9 Å². The van der Waals surface area contributed by atoms with Gasteiger partial charge in [0.25, 0.3) is 5.91 Å². The van der Waals surface area contributed by atoms with Crippen LogP contribution in [-0.2, 0) is 12.6 Å². The zero-order chi connectivity index (χ0) is 25.7. The summed E-state index contributed by atoms with van der Waals surface area (Å²) in [6.07, 6.45) is -1.88. The van der Waals surface area contributed by atoms with Gasteiger partial charge in [0.2, 0.25) is 0 Å². The first-order valence-corrected chi connectivity index (χ1v) is 11.3. The van der Waals surface area contributed by atoms with E-state index in [4.69, 9.17) is 0 Å². The Kier molecular flexibility index (Phi) is 7.29. The quantitative estimate of drug-likeness (QED) is 0.281. The van der Waals surface area contributed by atoms with Crippen molar-refractivity contribution in [2.24, 2.45) is 0 Å². The molecule has 0 unspecified atom stereocenters. The molecule has 4 aromatic rings. The number of Topliss-reactive ketones (excluding diaryl/α,β-unsaturated/α-hetero) is 1. The van der Waals surface area contributed by atoms with Crippen LogP contribution in [0.4, 0.5) is 18.9 Å². The van der Waals surface area contributed by atoms with Crippen molar-refractivity contribution in [1.82, 2.24) is 4.98 Å². The van der Waals surface area contributed by atoms with Gasteiger partial charge in [0.1, 0.15) is 0 Å². The number of anilines is 1. The summed E-state index contributed by atoms with van der Waals surface area (Å²) in [7, 11) is 0. The summed E-state index contributed by atoms with van der Waals surface area (Å²) in [6, 6.07) is 22.1. The van der Waals surface area contributed by atoms with E-state index in [-0.39, 0.29) is 5.78 Å². The van der Waals surface area contributed by atoms with E-state index >= 15 is 0 Å². The summed E-state index contributed by atoms with van der Waals surface area (Å²) < 4.78 is 38.8. The molecule has 0 aliphatic carbocycles. The minimum atomic E-state index is -4.43. The number of alkyl halides is 3. The Balaban J connectivity index is 1.47. The van der Waals surface area contributed by atoms with Crippen LogP contribution in [0.1, 0.15) is 44.0 Å². The number of benzene rings is 3. The molecule has 1 amide bonds. The molecule has 0 radical (unpaired) electrons. The summed E-state index contributed by atoms with van der Waals surface area (Å²) in [6.45, 7) is 1.85. The van der Waals surface area contributed by atoms with Crippen molar-refractivity contribution in [2.75, 3.05) is 5.32 Å². The van der Waals surface area contributed by atoms with Crippen LogP contribution < -0.4 is 5.32 Å². The number of nitrogens with one attached hydrogen (secondary N) is 1. The van der Waals surface area contributed by atoms with Crippen LogP contribution in [0.5, 0.6) is 0 Å². The Hall–Kier alpha value is -4.26. The van der Waals surface area contributed by atoms with Gasteiger partial charge in [0.05, 0.1) is 5.56 Å². The van der Waals surface area contributed by atoms with Gasteiger partial charge in [-0.05, 0) is 79.1 Å². The zero-order valence-corrected chi connectivity index (χ0v) is 19.5. The lowest BCUT2D eigenvalue weighted by Crippen LogP contribution is -2.13. The average molecular weight is 489 g/mol. The summed E-state index contributed by atoms with van der Waals surface area (Å²) in [5.41, 5.74) is 3.36. The highest BCUT2D eigenvalue weighted by Crippen LogP contribution is 2.32. The number of carbonyl (C=O) groups is 2. The van der Waals surface area contributed by atoms with Gasteiger partial charge in [-0.3, -0.25) is 14.6 Å². The van der Waals surface area contributed by atoms with Crippen LogP contribution in [-0.4, -0.2) is 16.7 Å². The number of aromatic nitrogens is 1. The highest BCUT2D eigenvalue weighted by atomic mass is 19.4. The Morgan fingerprint density at radius 2 is 1.61 bits per heavy atom. The fraction of sp³-hybridized carbons (Fsp3) is 0.138. The molecule has 0 atom stereocenters. The maximum Gasteiger partial charge on any atom is 0.416 e. The Labute approximate surface area is 206 Å². The number of ketones is 1. The smallest absolute Gasteiger partial charge is 0.322 e. The topological polar surface area (TPSA) is 59.1 Å². The lowest BCUT2D eigenvalue weighted by Gasteiger charge is -2.13. The van der Waals surface area contributed by atoms with Gasteiger partial charge in [0, 0.05) is 35.1 Å². The van der Waals surface area contributed by atoms with E-state index in [9.17, 15) is 22.8 Å². The van der Waals surface area contributed by atoms with Crippen molar-refractivity contribution >= 4 is 17.4 Å². The monoisotopic (exact) mass is 488 g/mol. The van der Waals surface area contributed by atoms with E-state index in [0.29, 0.717) is 40.8 Å². The molecule has 182 valence electrons. The molecule has 4 nitrogen and oxygen atoms in total. The molecule has 0 saturated carbocycles. The molecule has 36 heavy (non-hydrogen) atoms. The molecule has 0 bridgehead atoms. The number of hydrogen-bond acceptors (Lipinski definition) is 3. The van der Waals surface area contributed by atoms with E-state index in [1.807, 2.05) is 25.1 Å². The second-order valence-corrected chi connectivity index (χ2v) is 8.40. The molecule has 0 aliphatic heterocycles. The normalized spacial score (nSPS) is 11.2. The summed E-state index contributed by atoms with van der Waals surface area (Å²) in [4.78, 5) is 29.8. The SMILES string of the molecule is Cc1ccc(C(=O)Nc2ccc(C(=O)CCc3ccccn3)cc2)c(-c2ccc(C(F)(F)F)cc2)c1. The lowest BCUT2D eigenvalue weighted by atomic mass is 9.96. The van der Waals surface area contributed by atoms with Crippen molar-refractivity contribution in [1.29, 1.82) is 0 Å². The number of hydrogen-bond donors (Lipinski definition) is 1. The van der Waals surface area contributed by atoms with Gasteiger partial charge < -0.3 is 5.32 Å². The summed E-state index contributed by atoms with van der Waals surface area (Å²) in [5, 5.41) is 2.81. The number of aryl methyl sites for hydroxylation is 2. The third-order valence-electron chi connectivity index (χ3n) is 5.74. The molecule has 0 saturated heterocycles. The standard InChI is InChI=1S/C29H23F3N2O2/c1-19-5-15-25(26(18-19)20-6-10-22(11-7-20)29(30,31)32)28(36)34-24-12-8-21(9-13-24)27(35)16-14-23-4-2-3-17-33-23/h2-13,15,17-18H,14,16H2,1H3,(H,34,36). The molecule has 4 rings (SSSR count). The zero-order valence-electron chi connectivity index (χ0n) is 19.5. The van der Waals surface area contributed by atoms with E-state index in [1.54, 1.807) is 48.7 Å². The minimum Gasteiger partial charge on any atom is -0.322 e. The number of amides is 1. The van der Waals surface area contributed by atoms with Crippen LogP contribution >= 0.6 is 0 Å². The third kappa shape index (κ3) is 6.05. The molecule has 1 aromatic heterocycles. The largest absolute Gasteiger partial charge is 0.416 e. The summed E-state index contributed by atoms with van der Waals surface area (Å²) in [5.74, 6) is -0.430. The lowest BCUT2D eigenvalue weighted by molar-refractivity contribution is -0.137. The van der Waals surface area contributed by atoms with Crippen molar-refractivity contribution in [3.8, 4) is 11.1 Å². The predicted octanol–water partition coefficient (Wildman–Crippen LogP) is 7.14. The molecule has 1 heterocycles. The van der Waals surface area contributed by atoms with E-state index < -0.39 is 17.6 Å². The number of pyridine rings is 1. The fourth-order valence-electron chi connectivity index (χ4n) is 3.80. The number of carbonyl (C=O) groups excluding carboxylic acids is 2. The molecular formula is C29H23F3N2O2.